The molecule has 1 aliphatic heterocycles. The third-order valence-corrected chi connectivity index (χ3v) is 7.24. The van der Waals surface area contributed by atoms with E-state index in [2.05, 4.69) is 16.0 Å². The first-order valence-electron chi connectivity index (χ1n) is 12.1. The summed E-state index contributed by atoms with van der Waals surface area (Å²) in [5.41, 5.74) is 1.97. The van der Waals surface area contributed by atoms with Gasteiger partial charge >= 0.3 is 0 Å². The maximum atomic E-state index is 12.6. The molecule has 1 atom stereocenters. The van der Waals surface area contributed by atoms with E-state index in [-0.39, 0.29) is 41.4 Å². The molecule has 2 aromatic carbocycles. The number of anilines is 1. The molecule has 198 valence electrons. The number of unbranched alkanes of at least 4 members (excludes halogenated alkanes) is 3. The lowest BCUT2D eigenvalue weighted by atomic mass is 10.0. The van der Waals surface area contributed by atoms with Crippen molar-refractivity contribution in [1.29, 1.82) is 0 Å². The van der Waals surface area contributed by atoms with Crippen molar-refractivity contribution >= 4 is 39.8 Å². The highest BCUT2D eigenvalue weighted by Gasteiger charge is 2.28. The van der Waals surface area contributed by atoms with Crippen LogP contribution in [-0.2, 0) is 23.9 Å². The molecule has 3 rings (SSSR count). The predicted molar refractivity (Wildman–Crippen MR) is 137 cm³/mol. The number of piperidine rings is 1. The number of hydrogen-bond acceptors (Lipinski definition) is 8. The van der Waals surface area contributed by atoms with E-state index in [9.17, 15) is 27.6 Å². The maximum Gasteiger partial charge on any atom is 0.296 e. The molecule has 1 heterocycles. The van der Waals surface area contributed by atoms with Gasteiger partial charge in [-0.3, -0.25) is 28.7 Å². The minimum atomic E-state index is -3.74. The number of amides is 3. The zero-order valence-electron chi connectivity index (χ0n) is 20.6. The Labute approximate surface area is 216 Å². The molecule has 0 aromatic heterocycles. The SMILES string of the molecule is Cc1ccc(S(=O)(=O)OCCCCCCNc2ccc(C(=O)NC3CCC(=O)NC3=O)c(C=O)c2)cc1. The molecule has 1 fully saturated rings. The van der Waals surface area contributed by atoms with Gasteiger partial charge in [-0.2, -0.15) is 8.42 Å². The van der Waals surface area contributed by atoms with Crippen LogP contribution in [-0.4, -0.2) is 51.6 Å². The lowest BCUT2D eigenvalue weighted by molar-refractivity contribution is -0.134. The van der Waals surface area contributed by atoms with Crippen LogP contribution in [0.15, 0.2) is 47.4 Å². The molecular weight excluding hydrogens is 498 g/mol. The number of carbonyl (C=O) groups excluding carboxylic acids is 4. The second kappa shape index (κ2) is 13.1. The third-order valence-electron chi connectivity index (χ3n) is 5.92. The molecule has 3 amide bonds. The van der Waals surface area contributed by atoms with Crippen molar-refractivity contribution in [2.45, 2.75) is 56.4 Å². The number of imide groups is 1. The summed E-state index contributed by atoms with van der Waals surface area (Å²) < 4.78 is 29.4. The van der Waals surface area contributed by atoms with Crippen LogP contribution in [0.5, 0.6) is 0 Å². The van der Waals surface area contributed by atoms with Crippen molar-refractivity contribution in [2.75, 3.05) is 18.5 Å². The fraction of sp³-hybridized carbons (Fsp3) is 0.385. The average molecular weight is 530 g/mol. The summed E-state index contributed by atoms with van der Waals surface area (Å²) in [5.74, 6) is -1.50. The highest BCUT2D eigenvalue weighted by Crippen LogP contribution is 2.17. The van der Waals surface area contributed by atoms with E-state index >= 15 is 0 Å². The number of aryl methyl sites for hydroxylation is 1. The molecule has 10 nitrogen and oxygen atoms in total. The highest BCUT2D eigenvalue weighted by atomic mass is 32.2. The Morgan fingerprint density at radius 1 is 1.08 bits per heavy atom. The fourth-order valence-electron chi connectivity index (χ4n) is 3.80. The van der Waals surface area contributed by atoms with Gasteiger partial charge in [0.2, 0.25) is 11.8 Å². The van der Waals surface area contributed by atoms with Crippen LogP contribution in [0.4, 0.5) is 5.69 Å². The molecule has 0 spiro atoms. The van der Waals surface area contributed by atoms with Gasteiger partial charge in [0.1, 0.15) is 6.04 Å². The number of aldehydes is 1. The minimum Gasteiger partial charge on any atom is -0.385 e. The summed E-state index contributed by atoms with van der Waals surface area (Å²) in [6, 6.07) is 10.4. The first-order valence-corrected chi connectivity index (χ1v) is 13.5. The van der Waals surface area contributed by atoms with Gasteiger partial charge in [-0.1, -0.05) is 30.5 Å². The number of rotatable bonds is 13. The van der Waals surface area contributed by atoms with Crippen molar-refractivity contribution in [3.63, 3.8) is 0 Å². The Morgan fingerprint density at radius 2 is 1.81 bits per heavy atom. The summed E-state index contributed by atoms with van der Waals surface area (Å²) in [4.78, 5) is 47.4. The predicted octanol–water partition coefficient (Wildman–Crippen LogP) is 2.72. The first kappa shape index (κ1) is 28.0. The molecule has 0 saturated carbocycles. The average Bonchev–Trinajstić information content (AvgIpc) is 2.87. The largest absolute Gasteiger partial charge is 0.385 e. The van der Waals surface area contributed by atoms with E-state index in [0.29, 0.717) is 24.9 Å². The summed E-state index contributed by atoms with van der Waals surface area (Å²) in [6.07, 6.45) is 4.00. The maximum absolute atomic E-state index is 12.6. The van der Waals surface area contributed by atoms with E-state index in [4.69, 9.17) is 4.18 Å². The number of hydrogen-bond donors (Lipinski definition) is 3. The van der Waals surface area contributed by atoms with Crippen molar-refractivity contribution in [2.24, 2.45) is 0 Å². The number of nitrogens with one attached hydrogen (secondary N) is 3. The van der Waals surface area contributed by atoms with Gasteiger partial charge in [-0.15, -0.1) is 0 Å². The van der Waals surface area contributed by atoms with Gasteiger partial charge < -0.3 is 10.6 Å². The van der Waals surface area contributed by atoms with Crippen LogP contribution in [0.3, 0.4) is 0 Å². The summed E-state index contributed by atoms with van der Waals surface area (Å²) in [6.45, 7) is 2.63. The van der Waals surface area contributed by atoms with Gasteiger partial charge in [0.25, 0.3) is 16.0 Å². The lowest BCUT2D eigenvalue weighted by Crippen LogP contribution is -2.52. The second-order valence-electron chi connectivity index (χ2n) is 8.83. The van der Waals surface area contributed by atoms with Crippen LogP contribution in [0.2, 0.25) is 0 Å². The van der Waals surface area contributed by atoms with Crippen LogP contribution >= 0.6 is 0 Å². The van der Waals surface area contributed by atoms with Crippen molar-refractivity contribution < 1.29 is 31.8 Å². The molecule has 0 aliphatic carbocycles. The van der Waals surface area contributed by atoms with E-state index in [1.54, 1.807) is 24.3 Å². The Morgan fingerprint density at radius 3 is 2.51 bits per heavy atom. The van der Waals surface area contributed by atoms with Crippen LogP contribution in [0.1, 0.15) is 64.8 Å². The molecule has 3 N–H and O–H groups in total. The Balaban J connectivity index is 1.37. The van der Waals surface area contributed by atoms with Crippen LogP contribution in [0, 0.1) is 6.92 Å². The molecule has 1 aliphatic rings. The smallest absolute Gasteiger partial charge is 0.296 e. The van der Waals surface area contributed by atoms with E-state index in [1.807, 2.05) is 6.92 Å². The topological polar surface area (TPSA) is 148 Å². The quantitative estimate of drug-likeness (QED) is 0.155. The Hall–Kier alpha value is -3.57. The van der Waals surface area contributed by atoms with Crippen molar-refractivity contribution in [1.82, 2.24) is 10.6 Å². The van der Waals surface area contributed by atoms with Crippen molar-refractivity contribution in [3.8, 4) is 0 Å². The third kappa shape index (κ3) is 8.22. The standard InChI is InChI=1S/C26H31N3O7S/c1-18-6-9-21(10-7-18)37(34,35)36-15-5-3-2-4-14-27-20-8-11-22(19(16-20)17-30)25(32)28-23-12-13-24(31)29-26(23)33/h6-11,16-17,23,27H,2-5,12-15H2,1H3,(H,28,32)(H,29,31,33). The van der Waals surface area contributed by atoms with E-state index in [0.717, 1.165) is 24.8 Å². The molecule has 1 unspecified atom stereocenters. The molecule has 1 saturated heterocycles. The fourth-order valence-corrected chi connectivity index (χ4v) is 4.74. The summed E-state index contributed by atoms with van der Waals surface area (Å²) in [7, 11) is -3.74. The second-order valence-corrected chi connectivity index (χ2v) is 10.4. The van der Waals surface area contributed by atoms with Crippen molar-refractivity contribution in [3.05, 3.63) is 59.2 Å². The van der Waals surface area contributed by atoms with Gasteiger partial charge in [-0.05, 0) is 56.5 Å². The summed E-state index contributed by atoms with van der Waals surface area (Å²) >= 11 is 0. The molecule has 0 bridgehead atoms. The minimum absolute atomic E-state index is 0.120. The normalized spacial score (nSPS) is 15.6. The Bertz CT molecular complexity index is 1240. The number of benzene rings is 2. The molecule has 0 radical (unpaired) electrons. The summed E-state index contributed by atoms with van der Waals surface area (Å²) in [5, 5.41) is 7.94. The zero-order valence-corrected chi connectivity index (χ0v) is 21.4. The molecule has 2 aromatic rings. The van der Waals surface area contributed by atoms with Gasteiger partial charge in [0, 0.05) is 29.8 Å². The van der Waals surface area contributed by atoms with Gasteiger partial charge in [0.15, 0.2) is 6.29 Å². The zero-order chi connectivity index (χ0) is 26.8. The van der Waals surface area contributed by atoms with Gasteiger partial charge in [0.05, 0.1) is 11.5 Å². The Kier molecular flexibility index (Phi) is 9.93. The number of carbonyl (C=O) groups is 4. The van der Waals surface area contributed by atoms with Crippen LogP contribution < -0.4 is 16.0 Å². The molecule has 11 heteroatoms. The lowest BCUT2D eigenvalue weighted by Gasteiger charge is -2.22. The highest BCUT2D eigenvalue weighted by molar-refractivity contribution is 7.86. The monoisotopic (exact) mass is 529 g/mol. The van der Waals surface area contributed by atoms with E-state index in [1.165, 1.54) is 18.2 Å². The molecule has 37 heavy (non-hydrogen) atoms. The van der Waals surface area contributed by atoms with Gasteiger partial charge in [-0.25, -0.2) is 0 Å². The van der Waals surface area contributed by atoms with Crippen LogP contribution in [0.25, 0.3) is 0 Å². The van der Waals surface area contributed by atoms with E-state index < -0.39 is 28.0 Å². The first-order chi connectivity index (χ1) is 17.7. The molecular formula is C26H31N3O7S.